The van der Waals surface area contributed by atoms with E-state index in [9.17, 15) is 0 Å². The molecule has 0 spiro atoms. The summed E-state index contributed by atoms with van der Waals surface area (Å²) in [5, 5.41) is 0. The van der Waals surface area contributed by atoms with E-state index in [1.54, 1.807) is 0 Å². The van der Waals surface area contributed by atoms with Crippen molar-refractivity contribution in [3.63, 3.8) is 0 Å². The fraction of sp³-hybridized carbons (Fsp3) is 0. The third-order valence-electron chi connectivity index (χ3n) is 0. The van der Waals surface area contributed by atoms with E-state index in [1.807, 2.05) is 0 Å². The summed E-state index contributed by atoms with van der Waals surface area (Å²) in [6.07, 6.45) is 0. The Morgan fingerprint density at radius 2 is 1.00 bits per heavy atom. The quantitative estimate of drug-likeness (QED) is 0.508. The van der Waals surface area contributed by atoms with Crippen molar-refractivity contribution in [2.75, 3.05) is 0 Å². The summed E-state index contributed by atoms with van der Waals surface area (Å²) in [5.74, 6) is 0. The molecule has 4 heavy (non-hydrogen) atoms. The minimum atomic E-state index is 0. The summed E-state index contributed by atoms with van der Waals surface area (Å²) in [6, 6.07) is 0. The predicted molar refractivity (Wildman–Crippen MR) is 18.9 cm³/mol. The van der Waals surface area contributed by atoms with Gasteiger partial charge in [0.2, 0.25) is 0 Å². The third kappa shape index (κ3) is 8.90. The van der Waals surface area contributed by atoms with Crippen molar-refractivity contribution in [1.82, 2.24) is 0 Å². The van der Waals surface area contributed by atoms with Crippen LogP contribution in [-0.4, -0.2) is 23.9 Å². The van der Waals surface area contributed by atoms with Crippen molar-refractivity contribution in [2.24, 2.45) is 0 Å². The molecule has 0 aromatic carbocycles. The number of rotatable bonds is 0. The molecule has 34 valence electrons. The van der Waals surface area contributed by atoms with E-state index < -0.39 is 0 Å². The van der Waals surface area contributed by atoms with E-state index >= 15 is 0 Å². The molecule has 0 aliphatic rings. The molecule has 0 atom stereocenters. The second-order valence-electron chi connectivity index (χ2n) is 0. The van der Waals surface area contributed by atoms with Gasteiger partial charge in [-0.1, -0.05) is 0 Å². The molecule has 0 amide bonds. The van der Waals surface area contributed by atoms with Gasteiger partial charge in [0.25, 0.3) is 0 Å². The van der Waals surface area contributed by atoms with Crippen LogP contribution < -0.4 is 0 Å². The first-order valence-electron chi connectivity index (χ1n) is 0. The van der Waals surface area contributed by atoms with Crippen LogP contribution in [-0.2, 0) is 33.8 Å². The topological polar surface area (TPSA) is 0 Å². The fourth-order valence-electron chi connectivity index (χ4n) is 0. The Labute approximate surface area is 70.6 Å². The molecule has 0 fully saturated rings. The van der Waals surface area contributed by atoms with Crippen LogP contribution in [0.1, 0.15) is 0 Å². The zero-order valence-electron chi connectivity index (χ0n) is 1.84. The molecule has 0 aliphatic heterocycles. The summed E-state index contributed by atoms with van der Waals surface area (Å²) in [7, 11) is 0. The first kappa shape index (κ1) is 35.0. The van der Waals surface area contributed by atoms with Crippen molar-refractivity contribution in [3.05, 3.63) is 0 Å². The van der Waals surface area contributed by atoms with Gasteiger partial charge >= 0.3 is 23.9 Å². The standard InChI is InChI=1S/Co.Cu.H2S.Sn.2H/h;;1H2;;;. The van der Waals surface area contributed by atoms with Crippen molar-refractivity contribution < 1.29 is 33.8 Å². The van der Waals surface area contributed by atoms with Crippen LogP contribution in [0, 0.1) is 0 Å². The predicted octanol–water partition coefficient (Wildman–Crippen LogP) is -0.808. The van der Waals surface area contributed by atoms with E-state index in [0.717, 1.165) is 0 Å². The molecule has 0 nitrogen and oxygen atoms in total. The van der Waals surface area contributed by atoms with Crippen molar-refractivity contribution in [3.8, 4) is 0 Å². The molecular weight excluding hydrogens is 273 g/mol. The molecule has 0 aromatic rings. The average molecular weight is 277 g/mol. The Morgan fingerprint density at radius 1 is 1.00 bits per heavy atom. The molecule has 0 heterocycles. The Morgan fingerprint density at radius 3 is 1.00 bits per heavy atom. The monoisotopic (exact) mass is 278 g/mol. The van der Waals surface area contributed by atoms with Gasteiger partial charge in [-0.2, -0.15) is 13.5 Å². The summed E-state index contributed by atoms with van der Waals surface area (Å²) in [4.78, 5) is 0. The zero-order chi connectivity index (χ0) is 0. The zero-order valence-corrected chi connectivity index (χ0v) is 8.86. The van der Waals surface area contributed by atoms with Gasteiger partial charge in [0, 0.05) is 33.8 Å². The first-order valence-corrected chi connectivity index (χ1v) is 0. The Bertz CT molecular complexity index is 8.00. The molecule has 0 bridgehead atoms. The van der Waals surface area contributed by atoms with Gasteiger partial charge in [-0.05, 0) is 0 Å². The summed E-state index contributed by atoms with van der Waals surface area (Å²) in [5.41, 5.74) is 0. The van der Waals surface area contributed by atoms with Crippen LogP contribution in [0.5, 0.6) is 0 Å². The van der Waals surface area contributed by atoms with Crippen molar-refractivity contribution >= 4 is 37.4 Å². The normalized spacial score (nSPS) is 0. The van der Waals surface area contributed by atoms with Crippen LogP contribution in [0.3, 0.4) is 0 Å². The summed E-state index contributed by atoms with van der Waals surface area (Å²) >= 11 is 0. The second kappa shape index (κ2) is 19.1. The number of hydrogen-bond acceptors (Lipinski definition) is 0. The van der Waals surface area contributed by atoms with Gasteiger partial charge in [-0.25, -0.2) is 0 Å². The van der Waals surface area contributed by atoms with E-state index in [1.165, 1.54) is 0 Å². The van der Waals surface area contributed by atoms with Crippen LogP contribution >= 0.6 is 13.5 Å². The molecular formula is H4CoCuSSn. The van der Waals surface area contributed by atoms with Crippen molar-refractivity contribution in [1.29, 1.82) is 0 Å². The van der Waals surface area contributed by atoms with Crippen LogP contribution in [0.25, 0.3) is 0 Å². The maximum absolute atomic E-state index is 0. The van der Waals surface area contributed by atoms with Gasteiger partial charge in [0.1, 0.15) is 0 Å². The minimum absolute atomic E-state index is 0. The Kier molecular flexibility index (Phi) is 167. The Balaban J connectivity index is 0. The van der Waals surface area contributed by atoms with Crippen LogP contribution in [0.2, 0.25) is 0 Å². The van der Waals surface area contributed by atoms with Gasteiger partial charge in [0.05, 0.1) is 0 Å². The van der Waals surface area contributed by atoms with Gasteiger partial charge in [-0.15, -0.1) is 0 Å². The van der Waals surface area contributed by atoms with E-state index in [-0.39, 0.29) is 71.3 Å². The fourth-order valence-corrected chi connectivity index (χ4v) is 0. The molecule has 0 rings (SSSR count). The van der Waals surface area contributed by atoms with Gasteiger partial charge in [0.15, 0.2) is 0 Å². The molecule has 4 heteroatoms. The second-order valence-corrected chi connectivity index (χ2v) is 0. The average Bonchev–Trinajstić information content (AvgIpc) is 0. The van der Waals surface area contributed by atoms with Gasteiger partial charge in [-0.3, -0.25) is 0 Å². The van der Waals surface area contributed by atoms with Crippen LogP contribution in [0.4, 0.5) is 0 Å². The Hall–Kier alpha value is 2.17. The molecule has 0 N–H and O–H groups in total. The molecule has 0 aromatic heterocycles. The maximum atomic E-state index is 0. The molecule has 0 unspecified atom stereocenters. The van der Waals surface area contributed by atoms with E-state index in [0.29, 0.717) is 0 Å². The van der Waals surface area contributed by atoms with Crippen molar-refractivity contribution in [2.45, 2.75) is 0 Å². The first-order chi connectivity index (χ1) is 0. The van der Waals surface area contributed by atoms with E-state index in [4.69, 9.17) is 0 Å². The molecule has 0 aliphatic carbocycles. The molecule has 0 saturated carbocycles. The van der Waals surface area contributed by atoms with E-state index in [2.05, 4.69) is 0 Å². The SMILES string of the molecule is S.[Co].[Cu].[SnH2]. The number of hydrogen-bond donors (Lipinski definition) is 0. The summed E-state index contributed by atoms with van der Waals surface area (Å²) < 4.78 is 0. The molecule has 0 saturated heterocycles. The third-order valence-corrected chi connectivity index (χ3v) is 0. The van der Waals surface area contributed by atoms with Crippen LogP contribution in [0.15, 0.2) is 0 Å². The molecule has 4 radical (unpaired) electrons. The summed E-state index contributed by atoms with van der Waals surface area (Å²) in [6.45, 7) is 0. The van der Waals surface area contributed by atoms with Gasteiger partial charge < -0.3 is 0 Å².